The topological polar surface area (TPSA) is 115 Å². The summed E-state index contributed by atoms with van der Waals surface area (Å²) >= 11 is 0. The number of hydrogen-bond donors (Lipinski definition) is 2. The lowest BCUT2D eigenvalue weighted by atomic mass is 10.0. The molecular formula is C24H18N3O4-. The molecule has 0 atom stereocenters. The lowest BCUT2D eigenvalue weighted by molar-refractivity contribution is -0.305. The molecule has 1 amide bonds. The van der Waals surface area contributed by atoms with Crippen LogP contribution in [0.4, 0.5) is 5.69 Å². The molecule has 7 nitrogen and oxygen atoms in total. The first-order valence-electron chi connectivity index (χ1n) is 9.69. The molecule has 4 rings (SSSR count). The van der Waals surface area contributed by atoms with Gasteiger partial charge in [-0.15, -0.1) is 0 Å². The average Bonchev–Trinajstić information content (AvgIpc) is 3.21. The minimum atomic E-state index is -1.26. The molecule has 0 aliphatic heterocycles. The highest BCUT2D eigenvalue weighted by Crippen LogP contribution is 2.24. The van der Waals surface area contributed by atoms with Gasteiger partial charge >= 0.3 is 0 Å². The second-order valence-corrected chi connectivity index (χ2v) is 7.01. The van der Waals surface area contributed by atoms with Gasteiger partial charge in [-0.3, -0.25) is 9.59 Å². The number of amides is 1. The van der Waals surface area contributed by atoms with E-state index in [1.54, 1.807) is 54.6 Å². The molecule has 3 aromatic carbocycles. The number of aromatic amines is 1. The Bertz CT molecular complexity index is 1260. The Labute approximate surface area is 177 Å². The monoisotopic (exact) mass is 412 g/mol. The number of hydrogen-bond acceptors (Lipinski definition) is 5. The molecule has 0 aliphatic rings. The normalized spacial score (nSPS) is 10.7. The SMILES string of the molecule is O=C([O-])CCC(=O)Nc1ccc(-c2nc3ccc(C(=O)c4ccccc4)cc3[nH]2)cc1. The maximum absolute atomic E-state index is 12.7. The van der Waals surface area contributed by atoms with Crippen molar-refractivity contribution < 1.29 is 19.5 Å². The zero-order valence-corrected chi connectivity index (χ0v) is 16.4. The van der Waals surface area contributed by atoms with E-state index in [9.17, 15) is 19.5 Å². The number of carbonyl (C=O) groups is 3. The fourth-order valence-corrected chi connectivity index (χ4v) is 3.19. The molecule has 0 radical (unpaired) electrons. The number of H-pyrrole nitrogens is 1. The van der Waals surface area contributed by atoms with Crippen LogP contribution in [-0.2, 0) is 9.59 Å². The van der Waals surface area contributed by atoms with Crippen molar-refractivity contribution in [3.05, 3.63) is 83.9 Å². The zero-order valence-electron chi connectivity index (χ0n) is 16.4. The number of rotatable bonds is 7. The summed E-state index contributed by atoms with van der Waals surface area (Å²) in [6.45, 7) is 0. The van der Waals surface area contributed by atoms with Gasteiger partial charge in [-0.05, 0) is 48.9 Å². The molecule has 0 unspecified atom stereocenters. The van der Waals surface area contributed by atoms with E-state index in [1.165, 1.54) is 0 Å². The number of fused-ring (bicyclic) bond motifs is 1. The summed E-state index contributed by atoms with van der Waals surface area (Å²) in [5.74, 6) is -1.08. The van der Waals surface area contributed by atoms with Gasteiger partial charge in [0.2, 0.25) is 5.91 Å². The number of anilines is 1. The molecule has 2 N–H and O–H groups in total. The third-order valence-electron chi connectivity index (χ3n) is 4.78. The number of nitrogens with one attached hydrogen (secondary N) is 2. The number of carboxylic acids is 1. The van der Waals surface area contributed by atoms with Crippen LogP contribution >= 0.6 is 0 Å². The van der Waals surface area contributed by atoms with Gasteiger partial charge in [0.05, 0.1) is 11.0 Å². The van der Waals surface area contributed by atoms with Crippen LogP contribution in [0.5, 0.6) is 0 Å². The van der Waals surface area contributed by atoms with E-state index in [-0.39, 0.29) is 18.6 Å². The average molecular weight is 412 g/mol. The molecule has 0 saturated carbocycles. The van der Waals surface area contributed by atoms with Crippen LogP contribution in [0.15, 0.2) is 72.8 Å². The highest BCUT2D eigenvalue weighted by molar-refractivity contribution is 6.10. The molecule has 0 saturated heterocycles. The third kappa shape index (κ3) is 4.67. The third-order valence-corrected chi connectivity index (χ3v) is 4.78. The summed E-state index contributed by atoms with van der Waals surface area (Å²) in [4.78, 5) is 42.6. The molecule has 1 aromatic heterocycles. The van der Waals surface area contributed by atoms with Crippen LogP contribution in [-0.4, -0.2) is 27.6 Å². The lowest BCUT2D eigenvalue weighted by Gasteiger charge is -2.06. The quantitative estimate of drug-likeness (QED) is 0.453. The van der Waals surface area contributed by atoms with Crippen molar-refractivity contribution >= 4 is 34.4 Å². The van der Waals surface area contributed by atoms with Crippen molar-refractivity contribution in [3.63, 3.8) is 0 Å². The van der Waals surface area contributed by atoms with Gasteiger partial charge in [-0.25, -0.2) is 4.98 Å². The summed E-state index contributed by atoms with van der Waals surface area (Å²) in [6.07, 6.45) is -0.463. The minimum Gasteiger partial charge on any atom is -0.550 e. The Morgan fingerprint density at radius 2 is 1.61 bits per heavy atom. The van der Waals surface area contributed by atoms with E-state index in [2.05, 4.69) is 15.3 Å². The molecule has 31 heavy (non-hydrogen) atoms. The minimum absolute atomic E-state index is 0.0579. The van der Waals surface area contributed by atoms with E-state index in [4.69, 9.17) is 0 Å². The fraction of sp³-hybridized carbons (Fsp3) is 0.0833. The molecule has 1 heterocycles. The first-order chi connectivity index (χ1) is 15.0. The largest absolute Gasteiger partial charge is 0.550 e. The van der Waals surface area contributed by atoms with E-state index in [1.807, 2.05) is 18.2 Å². The second-order valence-electron chi connectivity index (χ2n) is 7.01. The fourth-order valence-electron chi connectivity index (χ4n) is 3.19. The zero-order chi connectivity index (χ0) is 21.8. The number of imidazole rings is 1. The van der Waals surface area contributed by atoms with Crippen molar-refractivity contribution in [3.8, 4) is 11.4 Å². The van der Waals surface area contributed by atoms with Gasteiger partial charge in [-0.1, -0.05) is 30.3 Å². The van der Waals surface area contributed by atoms with Crippen LogP contribution in [0.25, 0.3) is 22.4 Å². The predicted octanol–water partition coefficient (Wildman–Crippen LogP) is 2.93. The van der Waals surface area contributed by atoms with E-state index >= 15 is 0 Å². The van der Waals surface area contributed by atoms with Crippen LogP contribution in [0.1, 0.15) is 28.8 Å². The Balaban J connectivity index is 1.51. The number of ketones is 1. The number of benzene rings is 3. The van der Waals surface area contributed by atoms with Crippen molar-refractivity contribution in [1.82, 2.24) is 9.97 Å². The molecule has 4 aromatic rings. The maximum Gasteiger partial charge on any atom is 0.224 e. The first kappa shape index (κ1) is 20.0. The van der Waals surface area contributed by atoms with E-state index in [0.29, 0.717) is 22.6 Å². The van der Waals surface area contributed by atoms with Crippen molar-refractivity contribution in [2.45, 2.75) is 12.8 Å². The van der Waals surface area contributed by atoms with E-state index < -0.39 is 11.9 Å². The molecule has 0 aliphatic carbocycles. The molecule has 0 fully saturated rings. The van der Waals surface area contributed by atoms with E-state index in [0.717, 1.165) is 16.6 Å². The highest BCUT2D eigenvalue weighted by atomic mass is 16.4. The Morgan fingerprint density at radius 1 is 0.871 bits per heavy atom. The first-order valence-corrected chi connectivity index (χ1v) is 9.69. The van der Waals surface area contributed by atoms with Gasteiger partial charge < -0.3 is 20.2 Å². The van der Waals surface area contributed by atoms with Crippen molar-refractivity contribution in [1.29, 1.82) is 0 Å². The van der Waals surface area contributed by atoms with Crippen LogP contribution in [0.2, 0.25) is 0 Å². The van der Waals surface area contributed by atoms with Crippen LogP contribution < -0.4 is 10.4 Å². The number of aromatic nitrogens is 2. The molecule has 154 valence electrons. The summed E-state index contributed by atoms with van der Waals surface area (Å²) < 4.78 is 0. The summed E-state index contributed by atoms with van der Waals surface area (Å²) in [5, 5.41) is 13.1. The summed E-state index contributed by atoms with van der Waals surface area (Å²) in [5.41, 5.74) is 4.04. The number of aliphatic carboxylic acids is 1. The Morgan fingerprint density at radius 3 is 2.32 bits per heavy atom. The molecule has 0 bridgehead atoms. The van der Waals surface area contributed by atoms with Crippen LogP contribution in [0, 0.1) is 0 Å². The van der Waals surface area contributed by atoms with Gasteiger partial charge in [0.15, 0.2) is 5.78 Å². The summed E-state index contributed by atoms with van der Waals surface area (Å²) in [6, 6.07) is 21.4. The van der Waals surface area contributed by atoms with Gasteiger partial charge in [0.1, 0.15) is 5.82 Å². The molecule has 7 heteroatoms. The number of nitrogens with zero attached hydrogens (tertiary/aromatic N) is 1. The number of carboxylic acid groups (broad SMARTS) is 1. The summed E-state index contributed by atoms with van der Waals surface area (Å²) in [7, 11) is 0. The lowest BCUT2D eigenvalue weighted by Crippen LogP contribution is -2.24. The van der Waals surface area contributed by atoms with Gasteiger partial charge in [-0.2, -0.15) is 0 Å². The standard InChI is InChI=1S/C24H19N3O4/c28-21(12-13-22(29)30)25-18-9-6-16(7-10-18)24-26-19-11-8-17(14-20(19)27-24)23(31)15-4-2-1-3-5-15/h1-11,14H,12-13H2,(H,25,28)(H,26,27)(H,29,30)/p-1. The molecule has 0 spiro atoms. The van der Waals surface area contributed by atoms with Gasteiger partial charge in [0, 0.05) is 34.8 Å². The van der Waals surface area contributed by atoms with Crippen LogP contribution in [0.3, 0.4) is 0 Å². The van der Waals surface area contributed by atoms with Gasteiger partial charge in [0.25, 0.3) is 0 Å². The number of carbonyl (C=O) groups excluding carboxylic acids is 3. The predicted molar refractivity (Wildman–Crippen MR) is 114 cm³/mol. The molecular weight excluding hydrogens is 394 g/mol. The Hall–Kier alpha value is -4.26. The smallest absolute Gasteiger partial charge is 0.224 e. The van der Waals surface area contributed by atoms with Crippen molar-refractivity contribution in [2.75, 3.05) is 5.32 Å². The highest BCUT2D eigenvalue weighted by Gasteiger charge is 2.12. The van der Waals surface area contributed by atoms with Crippen molar-refractivity contribution in [2.24, 2.45) is 0 Å². The Kier molecular flexibility index (Phi) is 5.57. The maximum atomic E-state index is 12.7. The second kappa shape index (κ2) is 8.62.